The van der Waals surface area contributed by atoms with Gasteiger partial charge in [0.15, 0.2) is 0 Å². The minimum absolute atomic E-state index is 0.0816. The van der Waals surface area contributed by atoms with Gasteiger partial charge in [0.05, 0.1) is 19.6 Å². The molecule has 0 spiro atoms. The number of carbonyl (C=O) groups is 3. The molecule has 0 saturated carbocycles. The summed E-state index contributed by atoms with van der Waals surface area (Å²) in [7, 11) is 0. The van der Waals surface area contributed by atoms with E-state index in [4.69, 9.17) is 4.74 Å². The van der Waals surface area contributed by atoms with Crippen molar-refractivity contribution in [3.63, 3.8) is 0 Å². The summed E-state index contributed by atoms with van der Waals surface area (Å²) in [6, 6.07) is 0. The molecule has 0 saturated heterocycles. The van der Waals surface area contributed by atoms with Gasteiger partial charge in [-0.05, 0) is 19.8 Å². The fourth-order valence-corrected chi connectivity index (χ4v) is 3.15. The highest BCUT2D eigenvalue weighted by Crippen LogP contribution is 2.14. The highest BCUT2D eigenvalue weighted by atomic mass is 32.1. The van der Waals surface area contributed by atoms with Crippen molar-refractivity contribution in [1.29, 1.82) is 0 Å². The standard InChI is InChI=1S/C19H31N3O4S/c1-4-7-11-20-19(25)15-14-27-16(21-15)13-22(12-8-5-2)17(23)9-10-18(24)26-6-3/h14H,4-13H2,1-3H3,(H,20,25). The smallest absolute Gasteiger partial charge is 0.306 e. The molecule has 0 aliphatic carbocycles. The molecule has 0 aliphatic heterocycles. The first-order valence-electron chi connectivity index (χ1n) is 9.67. The molecule has 0 aliphatic rings. The third-order valence-corrected chi connectivity index (χ3v) is 4.74. The molecule has 8 heteroatoms. The second kappa shape index (κ2) is 13.2. The number of thiazole rings is 1. The first kappa shape index (κ1) is 23.1. The molecule has 0 aromatic carbocycles. The van der Waals surface area contributed by atoms with Gasteiger partial charge in [-0.2, -0.15) is 0 Å². The Morgan fingerprint density at radius 1 is 1.15 bits per heavy atom. The number of unbranched alkanes of at least 4 members (excludes halogenated alkanes) is 2. The van der Waals surface area contributed by atoms with Crippen LogP contribution in [0.25, 0.3) is 0 Å². The topological polar surface area (TPSA) is 88.6 Å². The SMILES string of the molecule is CCCCNC(=O)c1csc(CN(CCCC)C(=O)CCC(=O)OCC)n1. The zero-order valence-corrected chi connectivity index (χ0v) is 17.4. The quantitative estimate of drug-likeness (QED) is 0.408. The number of hydrogen-bond acceptors (Lipinski definition) is 6. The van der Waals surface area contributed by atoms with E-state index in [1.807, 2.05) is 0 Å². The molecule has 27 heavy (non-hydrogen) atoms. The maximum absolute atomic E-state index is 12.5. The Labute approximate surface area is 165 Å². The van der Waals surface area contributed by atoms with Gasteiger partial charge in [-0.3, -0.25) is 14.4 Å². The lowest BCUT2D eigenvalue weighted by atomic mass is 10.2. The molecular formula is C19H31N3O4S. The average molecular weight is 398 g/mol. The van der Waals surface area contributed by atoms with Crippen LogP contribution in [0.5, 0.6) is 0 Å². The van der Waals surface area contributed by atoms with Gasteiger partial charge in [0.1, 0.15) is 10.7 Å². The van der Waals surface area contributed by atoms with Crippen LogP contribution in [0.1, 0.15) is 74.8 Å². The summed E-state index contributed by atoms with van der Waals surface area (Å²) in [5, 5.41) is 5.28. The lowest BCUT2D eigenvalue weighted by Crippen LogP contribution is -2.32. The number of esters is 1. The van der Waals surface area contributed by atoms with Crippen molar-refractivity contribution in [2.24, 2.45) is 0 Å². The summed E-state index contributed by atoms with van der Waals surface area (Å²) in [6.45, 7) is 7.78. The summed E-state index contributed by atoms with van der Waals surface area (Å²) in [4.78, 5) is 42.1. The van der Waals surface area contributed by atoms with Gasteiger partial charge < -0.3 is 15.0 Å². The fourth-order valence-electron chi connectivity index (χ4n) is 2.36. The van der Waals surface area contributed by atoms with Crippen molar-refractivity contribution in [2.75, 3.05) is 19.7 Å². The molecular weight excluding hydrogens is 366 g/mol. The zero-order valence-electron chi connectivity index (χ0n) is 16.6. The molecule has 1 heterocycles. The molecule has 0 bridgehead atoms. The molecule has 1 N–H and O–H groups in total. The van der Waals surface area contributed by atoms with Crippen LogP contribution in [-0.4, -0.2) is 47.4 Å². The van der Waals surface area contributed by atoms with Crippen LogP contribution < -0.4 is 5.32 Å². The second-order valence-corrected chi connectivity index (χ2v) is 7.15. The second-order valence-electron chi connectivity index (χ2n) is 6.21. The highest BCUT2D eigenvalue weighted by Gasteiger charge is 2.18. The van der Waals surface area contributed by atoms with Gasteiger partial charge in [0.2, 0.25) is 5.91 Å². The van der Waals surface area contributed by atoms with E-state index in [2.05, 4.69) is 24.1 Å². The van der Waals surface area contributed by atoms with Crippen LogP contribution >= 0.6 is 11.3 Å². The number of aromatic nitrogens is 1. The molecule has 7 nitrogen and oxygen atoms in total. The van der Waals surface area contributed by atoms with Crippen LogP contribution in [0, 0.1) is 0 Å². The monoisotopic (exact) mass is 397 g/mol. The molecule has 0 fully saturated rings. The molecule has 0 atom stereocenters. The van der Waals surface area contributed by atoms with Crippen molar-refractivity contribution >= 4 is 29.1 Å². The molecule has 0 unspecified atom stereocenters. The summed E-state index contributed by atoms with van der Waals surface area (Å²) in [5.74, 6) is -0.637. The summed E-state index contributed by atoms with van der Waals surface area (Å²) < 4.78 is 4.88. The number of hydrogen-bond donors (Lipinski definition) is 1. The molecule has 1 aromatic rings. The van der Waals surface area contributed by atoms with Crippen LogP contribution in [0.4, 0.5) is 0 Å². The Balaban J connectivity index is 2.64. The molecule has 0 radical (unpaired) electrons. The van der Waals surface area contributed by atoms with E-state index >= 15 is 0 Å². The Morgan fingerprint density at radius 3 is 2.56 bits per heavy atom. The normalized spacial score (nSPS) is 10.5. The van der Waals surface area contributed by atoms with E-state index in [0.717, 1.165) is 30.7 Å². The minimum Gasteiger partial charge on any atom is -0.466 e. The van der Waals surface area contributed by atoms with E-state index in [1.165, 1.54) is 11.3 Å². The highest BCUT2D eigenvalue weighted by molar-refractivity contribution is 7.09. The summed E-state index contributed by atoms with van der Waals surface area (Å²) >= 11 is 1.37. The third-order valence-electron chi connectivity index (χ3n) is 3.91. The maximum atomic E-state index is 12.5. The van der Waals surface area contributed by atoms with E-state index in [-0.39, 0.29) is 30.6 Å². The Morgan fingerprint density at radius 2 is 1.89 bits per heavy atom. The first-order chi connectivity index (χ1) is 13.0. The van der Waals surface area contributed by atoms with Gasteiger partial charge in [-0.15, -0.1) is 11.3 Å². The fraction of sp³-hybridized carbons (Fsp3) is 0.684. The minimum atomic E-state index is -0.360. The molecule has 2 amide bonds. The zero-order chi connectivity index (χ0) is 20.1. The number of ether oxygens (including phenoxy) is 1. The van der Waals surface area contributed by atoms with Crippen molar-refractivity contribution in [2.45, 2.75) is 65.8 Å². The van der Waals surface area contributed by atoms with Crippen molar-refractivity contribution in [3.8, 4) is 0 Å². The van der Waals surface area contributed by atoms with Crippen LogP contribution in [0.3, 0.4) is 0 Å². The number of amides is 2. The van der Waals surface area contributed by atoms with E-state index < -0.39 is 0 Å². The molecule has 1 aromatic heterocycles. The molecule has 152 valence electrons. The van der Waals surface area contributed by atoms with E-state index in [0.29, 0.717) is 31.9 Å². The van der Waals surface area contributed by atoms with Gasteiger partial charge in [0.25, 0.3) is 5.91 Å². The predicted octanol–water partition coefficient (Wildman–Crippen LogP) is 3.15. The van der Waals surface area contributed by atoms with Gasteiger partial charge >= 0.3 is 5.97 Å². The number of nitrogens with one attached hydrogen (secondary N) is 1. The Hall–Kier alpha value is -1.96. The van der Waals surface area contributed by atoms with Gasteiger partial charge in [-0.25, -0.2) is 4.98 Å². The Bertz CT molecular complexity index is 604. The van der Waals surface area contributed by atoms with Crippen LogP contribution in [0.2, 0.25) is 0 Å². The molecule has 1 rings (SSSR count). The lowest BCUT2D eigenvalue weighted by molar-refractivity contribution is -0.145. The van der Waals surface area contributed by atoms with E-state index in [1.54, 1.807) is 17.2 Å². The van der Waals surface area contributed by atoms with Crippen LogP contribution in [-0.2, 0) is 20.9 Å². The average Bonchev–Trinajstić information content (AvgIpc) is 3.12. The Kier molecular flexibility index (Phi) is 11.3. The third kappa shape index (κ3) is 8.99. The van der Waals surface area contributed by atoms with Gasteiger partial charge in [0, 0.05) is 24.9 Å². The summed E-state index contributed by atoms with van der Waals surface area (Å²) in [6.07, 6.45) is 3.99. The van der Waals surface area contributed by atoms with Gasteiger partial charge in [-0.1, -0.05) is 26.7 Å². The number of carbonyl (C=O) groups excluding carboxylic acids is 3. The van der Waals surface area contributed by atoms with Crippen molar-refractivity contribution < 1.29 is 19.1 Å². The first-order valence-corrected chi connectivity index (χ1v) is 10.6. The summed E-state index contributed by atoms with van der Waals surface area (Å²) in [5.41, 5.74) is 0.389. The maximum Gasteiger partial charge on any atom is 0.306 e. The van der Waals surface area contributed by atoms with Crippen molar-refractivity contribution in [1.82, 2.24) is 15.2 Å². The predicted molar refractivity (Wildman–Crippen MR) is 106 cm³/mol. The van der Waals surface area contributed by atoms with E-state index in [9.17, 15) is 14.4 Å². The van der Waals surface area contributed by atoms with Crippen molar-refractivity contribution in [3.05, 3.63) is 16.1 Å². The lowest BCUT2D eigenvalue weighted by Gasteiger charge is -2.21. The van der Waals surface area contributed by atoms with Crippen LogP contribution in [0.15, 0.2) is 5.38 Å². The number of rotatable bonds is 13. The number of nitrogens with zero attached hydrogens (tertiary/aromatic N) is 2. The largest absolute Gasteiger partial charge is 0.466 e.